The third-order valence-electron chi connectivity index (χ3n) is 3.16. The molecule has 2 rings (SSSR count). The van der Waals surface area contributed by atoms with E-state index in [-0.39, 0.29) is 11.6 Å². The number of hydrogen-bond donors (Lipinski definition) is 0. The van der Waals surface area contributed by atoms with Gasteiger partial charge in [0.05, 0.1) is 11.1 Å². The zero-order chi connectivity index (χ0) is 17.3. The molecule has 2 aromatic carbocycles. The van der Waals surface area contributed by atoms with E-state index in [1.165, 1.54) is 12.2 Å². The summed E-state index contributed by atoms with van der Waals surface area (Å²) in [5, 5.41) is 0. The van der Waals surface area contributed by atoms with Crippen LogP contribution in [0.1, 0.15) is 27.8 Å². The lowest BCUT2D eigenvalue weighted by Crippen LogP contribution is -2.11. The van der Waals surface area contributed by atoms with Gasteiger partial charge in [0, 0.05) is 0 Å². The molecule has 0 saturated carbocycles. The maximum absolute atomic E-state index is 12.8. The highest BCUT2D eigenvalue weighted by Gasteiger charge is 2.36. The van der Waals surface area contributed by atoms with Gasteiger partial charge in [0.25, 0.3) is 0 Å². The Morgan fingerprint density at radius 2 is 1.09 bits per heavy atom. The van der Waals surface area contributed by atoms with Crippen LogP contribution in [0.25, 0.3) is 12.2 Å². The average Bonchev–Trinajstić information content (AvgIpc) is 2.44. The molecule has 0 amide bonds. The highest BCUT2D eigenvalue weighted by molar-refractivity contribution is 5.70. The van der Waals surface area contributed by atoms with Crippen LogP contribution in [0.4, 0.5) is 26.3 Å². The molecule has 0 aromatic heterocycles. The minimum atomic E-state index is -4.84. The quantitative estimate of drug-likeness (QED) is 0.454. The van der Waals surface area contributed by atoms with Crippen molar-refractivity contribution >= 4 is 12.2 Å². The molecule has 23 heavy (non-hydrogen) atoms. The standard InChI is InChI=1S/C17H12F6/c1-11-2-4-12(5-3-11)6-7-13-8-14(16(18,19)20)10-15(9-13)17(21,22)23/h2-10H,1H3. The Morgan fingerprint density at radius 3 is 1.52 bits per heavy atom. The fourth-order valence-electron chi connectivity index (χ4n) is 1.95. The Kier molecular flexibility index (Phi) is 4.54. The van der Waals surface area contributed by atoms with Crippen molar-refractivity contribution in [2.45, 2.75) is 19.3 Å². The summed E-state index contributed by atoms with van der Waals surface area (Å²) in [5.41, 5.74) is -1.12. The molecule has 6 heteroatoms. The van der Waals surface area contributed by atoms with Crippen molar-refractivity contribution in [1.29, 1.82) is 0 Å². The van der Waals surface area contributed by atoms with Gasteiger partial charge < -0.3 is 0 Å². The van der Waals surface area contributed by atoms with Gasteiger partial charge in [0.1, 0.15) is 0 Å². The van der Waals surface area contributed by atoms with Crippen LogP contribution in [-0.2, 0) is 12.4 Å². The number of benzene rings is 2. The first-order valence-electron chi connectivity index (χ1n) is 6.60. The number of alkyl halides is 6. The zero-order valence-corrected chi connectivity index (χ0v) is 12.0. The van der Waals surface area contributed by atoms with Crippen LogP contribution < -0.4 is 0 Å². The molecule has 0 aliphatic heterocycles. The van der Waals surface area contributed by atoms with Crippen molar-refractivity contribution in [3.05, 3.63) is 70.3 Å². The molecule has 0 radical (unpaired) electrons. The Hall–Kier alpha value is -2.24. The van der Waals surface area contributed by atoms with Gasteiger partial charge in [-0.25, -0.2) is 0 Å². The van der Waals surface area contributed by atoms with Gasteiger partial charge >= 0.3 is 12.4 Å². The molecule has 0 saturated heterocycles. The van der Waals surface area contributed by atoms with Gasteiger partial charge in [-0.3, -0.25) is 0 Å². The average molecular weight is 330 g/mol. The lowest BCUT2D eigenvalue weighted by Gasteiger charge is -2.12. The van der Waals surface area contributed by atoms with Crippen LogP contribution in [-0.4, -0.2) is 0 Å². The topological polar surface area (TPSA) is 0 Å². The molecule has 0 aliphatic rings. The second-order valence-electron chi connectivity index (χ2n) is 5.08. The molecule has 0 aliphatic carbocycles. The minimum Gasteiger partial charge on any atom is -0.166 e. The predicted molar refractivity (Wildman–Crippen MR) is 76.6 cm³/mol. The second kappa shape index (κ2) is 6.10. The maximum Gasteiger partial charge on any atom is 0.416 e. The molecule has 0 heterocycles. The van der Waals surface area contributed by atoms with Crippen LogP contribution in [0.5, 0.6) is 0 Å². The maximum atomic E-state index is 12.8. The molecule has 0 fully saturated rings. The Labute approximate surface area is 129 Å². The van der Waals surface area contributed by atoms with Gasteiger partial charge in [-0.05, 0) is 36.2 Å². The summed E-state index contributed by atoms with van der Waals surface area (Å²) in [6.07, 6.45) is -6.98. The largest absolute Gasteiger partial charge is 0.416 e. The van der Waals surface area contributed by atoms with E-state index in [1.807, 2.05) is 6.92 Å². The monoisotopic (exact) mass is 330 g/mol. The van der Waals surface area contributed by atoms with Gasteiger partial charge in [0.2, 0.25) is 0 Å². The lowest BCUT2D eigenvalue weighted by atomic mass is 10.0. The summed E-state index contributed by atoms with van der Waals surface area (Å²) >= 11 is 0. The molecule has 0 nitrogen and oxygen atoms in total. The Balaban J connectivity index is 2.43. The summed E-state index contributed by atoms with van der Waals surface area (Å²) in [4.78, 5) is 0. The van der Waals surface area contributed by atoms with Gasteiger partial charge in [0.15, 0.2) is 0 Å². The predicted octanol–water partition coefficient (Wildman–Crippen LogP) is 6.20. The summed E-state index contributed by atoms with van der Waals surface area (Å²) in [6.45, 7) is 1.87. The van der Waals surface area contributed by atoms with Gasteiger partial charge in [-0.1, -0.05) is 42.0 Å². The van der Waals surface area contributed by atoms with E-state index < -0.39 is 23.5 Å². The minimum absolute atomic E-state index is 0.114. The van der Waals surface area contributed by atoms with Gasteiger partial charge in [-0.2, -0.15) is 26.3 Å². The van der Waals surface area contributed by atoms with Crippen molar-refractivity contribution in [2.24, 2.45) is 0 Å². The normalized spacial score (nSPS) is 12.8. The third-order valence-corrected chi connectivity index (χ3v) is 3.16. The van der Waals surface area contributed by atoms with Crippen LogP contribution in [0, 0.1) is 6.92 Å². The summed E-state index contributed by atoms with van der Waals surface area (Å²) in [7, 11) is 0. The van der Waals surface area contributed by atoms with Crippen molar-refractivity contribution in [2.75, 3.05) is 0 Å². The second-order valence-corrected chi connectivity index (χ2v) is 5.08. The summed E-state index contributed by atoms with van der Waals surface area (Å²) < 4.78 is 76.5. The van der Waals surface area contributed by atoms with Crippen LogP contribution in [0.2, 0.25) is 0 Å². The van der Waals surface area contributed by atoms with Crippen LogP contribution >= 0.6 is 0 Å². The molecule has 2 aromatic rings. The first kappa shape index (κ1) is 17.1. The van der Waals surface area contributed by atoms with Crippen LogP contribution in [0.3, 0.4) is 0 Å². The van der Waals surface area contributed by atoms with E-state index in [4.69, 9.17) is 0 Å². The number of aryl methyl sites for hydroxylation is 1. The highest BCUT2D eigenvalue weighted by Crippen LogP contribution is 2.36. The first-order valence-corrected chi connectivity index (χ1v) is 6.60. The van der Waals surface area contributed by atoms with Crippen molar-refractivity contribution in [1.82, 2.24) is 0 Å². The van der Waals surface area contributed by atoms with Crippen LogP contribution in [0.15, 0.2) is 42.5 Å². The van der Waals surface area contributed by atoms with E-state index in [0.29, 0.717) is 17.7 Å². The summed E-state index contributed by atoms with van der Waals surface area (Å²) in [6, 6.07) is 8.55. The highest BCUT2D eigenvalue weighted by atomic mass is 19.4. The number of halogens is 6. The molecule has 0 atom stereocenters. The number of hydrogen-bond acceptors (Lipinski definition) is 0. The molecule has 0 spiro atoms. The van der Waals surface area contributed by atoms with Crippen molar-refractivity contribution in [3.8, 4) is 0 Å². The summed E-state index contributed by atoms with van der Waals surface area (Å²) in [5.74, 6) is 0. The first-order chi connectivity index (χ1) is 10.6. The van der Waals surface area contributed by atoms with Crippen molar-refractivity contribution in [3.63, 3.8) is 0 Å². The van der Waals surface area contributed by atoms with Gasteiger partial charge in [-0.15, -0.1) is 0 Å². The van der Waals surface area contributed by atoms with E-state index in [0.717, 1.165) is 5.56 Å². The van der Waals surface area contributed by atoms with Crippen molar-refractivity contribution < 1.29 is 26.3 Å². The molecule has 0 unspecified atom stereocenters. The smallest absolute Gasteiger partial charge is 0.166 e. The van der Waals surface area contributed by atoms with E-state index in [2.05, 4.69) is 0 Å². The fourth-order valence-corrected chi connectivity index (χ4v) is 1.95. The molecule has 0 bridgehead atoms. The SMILES string of the molecule is Cc1ccc(C=Cc2cc(C(F)(F)F)cc(C(F)(F)F)c2)cc1. The van der Waals surface area contributed by atoms with E-state index in [9.17, 15) is 26.3 Å². The molecular formula is C17H12F6. The zero-order valence-electron chi connectivity index (χ0n) is 12.0. The fraction of sp³-hybridized carbons (Fsp3) is 0.176. The van der Waals surface area contributed by atoms with E-state index >= 15 is 0 Å². The molecular weight excluding hydrogens is 318 g/mol. The Bertz CT molecular complexity index is 673. The molecule has 122 valence electrons. The third kappa shape index (κ3) is 4.61. The molecule has 0 N–H and O–H groups in total. The van der Waals surface area contributed by atoms with E-state index in [1.54, 1.807) is 24.3 Å². The Morgan fingerprint density at radius 1 is 0.652 bits per heavy atom. The number of rotatable bonds is 2. The lowest BCUT2D eigenvalue weighted by molar-refractivity contribution is -0.143.